The molecule has 2 aromatic carbocycles. The molecule has 0 unspecified atom stereocenters. The number of hydrogen-bond acceptors (Lipinski definition) is 5. The van der Waals surface area contributed by atoms with E-state index >= 15 is 0 Å². The summed E-state index contributed by atoms with van der Waals surface area (Å²) in [6, 6.07) is 16.4. The molecule has 8 nitrogen and oxygen atoms in total. The molecule has 0 bridgehead atoms. The van der Waals surface area contributed by atoms with Crippen molar-refractivity contribution >= 4 is 23.9 Å². The Morgan fingerprint density at radius 3 is 2.39 bits per heavy atom. The Morgan fingerprint density at radius 1 is 1.00 bits per heavy atom. The highest BCUT2D eigenvalue weighted by molar-refractivity contribution is 5.97. The van der Waals surface area contributed by atoms with Crippen LogP contribution in [-0.4, -0.2) is 37.1 Å². The van der Waals surface area contributed by atoms with Crippen LogP contribution in [0.5, 0.6) is 5.75 Å². The Kier molecular flexibility index (Phi) is 8.19. The second kappa shape index (κ2) is 11.1. The number of primary amides is 1. The van der Waals surface area contributed by atoms with Gasteiger partial charge < -0.3 is 15.8 Å². The summed E-state index contributed by atoms with van der Waals surface area (Å²) in [5, 5.41) is 6.50. The van der Waals surface area contributed by atoms with Crippen molar-refractivity contribution in [3.05, 3.63) is 65.7 Å². The fraction of sp³-hybridized carbons (Fsp3) is 0.200. The van der Waals surface area contributed by atoms with Crippen molar-refractivity contribution < 1.29 is 19.1 Å². The van der Waals surface area contributed by atoms with Gasteiger partial charge in [0.25, 0.3) is 5.91 Å². The normalized spacial score (nSPS) is 10.4. The van der Waals surface area contributed by atoms with Crippen LogP contribution in [-0.2, 0) is 20.8 Å². The lowest BCUT2D eigenvalue weighted by atomic mass is 10.1. The summed E-state index contributed by atoms with van der Waals surface area (Å²) in [5.74, 6) is -0.931. The Balaban J connectivity index is 1.66. The van der Waals surface area contributed by atoms with Gasteiger partial charge >= 0.3 is 0 Å². The second-order valence-corrected chi connectivity index (χ2v) is 5.88. The van der Waals surface area contributed by atoms with Gasteiger partial charge in [0.1, 0.15) is 12.2 Å². The van der Waals surface area contributed by atoms with E-state index in [2.05, 4.69) is 15.8 Å². The number of hydrogen-bond donors (Lipinski definition) is 3. The molecule has 146 valence electrons. The van der Waals surface area contributed by atoms with Gasteiger partial charge in [-0.15, -0.1) is 0 Å². The molecule has 0 aliphatic heterocycles. The first-order valence-corrected chi connectivity index (χ1v) is 8.66. The summed E-state index contributed by atoms with van der Waals surface area (Å²) in [4.78, 5) is 34.1. The SMILES string of the molecule is NC(=O)COc1ccc(/C=N\NC(=O)CC(=O)NCCc2ccccc2)cc1. The van der Waals surface area contributed by atoms with Crippen molar-refractivity contribution in [2.24, 2.45) is 10.8 Å². The van der Waals surface area contributed by atoms with Crippen LogP contribution >= 0.6 is 0 Å². The molecule has 3 amide bonds. The standard InChI is InChI=1S/C20H22N4O4/c21-18(25)14-28-17-8-6-16(7-9-17)13-23-24-20(27)12-19(26)22-11-10-15-4-2-1-3-5-15/h1-9,13H,10-12,14H2,(H2,21,25)(H,22,26)(H,24,27)/b23-13-. The summed E-state index contributed by atoms with van der Waals surface area (Å²) in [6.45, 7) is 0.264. The topological polar surface area (TPSA) is 123 Å². The molecule has 0 aliphatic carbocycles. The Morgan fingerprint density at radius 2 is 1.71 bits per heavy atom. The molecular formula is C20H22N4O4. The van der Waals surface area contributed by atoms with Gasteiger partial charge in [-0.05, 0) is 41.8 Å². The van der Waals surface area contributed by atoms with Crippen molar-refractivity contribution in [2.45, 2.75) is 12.8 Å². The first-order chi connectivity index (χ1) is 13.5. The van der Waals surface area contributed by atoms with Gasteiger partial charge in [-0.1, -0.05) is 30.3 Å². The summed E-state index contributed by atoms with van der Waals surface area (Å²) < 4.78 is 5.14. The van der Waals surface area contributed by atoms with Gasteiger partial charge in [0.2, 0.25) is 11.8 Å². The van der Waals surface area contributed by atoms with Crippen molar-refractivity contribution in [1.29, 1.82) is 0 Å². The molecule has 0 fully saturated rings. The zero-order valence-corrected chi connectivity index (χ0v) is 15.3. The number of carbonyl (C=O) groups excluding carboxylic acids is 3. The van der Waals surface area contributed by atoms with Crippen LogP contribution in [0.1, 0.15) is 17.5 Å². The highest BCUT2D eigenvalue weighted by atomic mass is 16.5. The molecular weight excluding hydrogens is 360 g/mol. The van der Waals surface area contributed by atoms with Crippen LogP contribution in [0, 0.1) is 0 Å². The predicted octanol–water partition coefficient (Wildman–Crippen LogP) is 0.750. The van der Waals surface area contributed by atoms with E-state index in [1.807, 2.05) is 30.3 Å². The van der Waals surface area contributed by atoms with Gasteiger partial charge in [0, 0.05) is 6.54 Å². The predicted molar refractivity (Wildman–Crippen MR) is 105 cm³/mol. The lowest BCUT2D eigenvalue weighted by Gasteiger charge is -2.05. The van der Waals surface area contributed by atoms with Gasteiger partial charge in [-0.25, -0.2) is 5.43 Å². The monoisotopic (exact) mass is 382 g/mol. The number of nitrogens with zero attached hydrogens (tertiary/aromatic N) is 1. The number of hydrazone groups is 1. The third-order valence-electron chi connectivity index (χ3n) is 3.56. The fourth-order valence-electron chi connectivity index (χ4n) is 2.22. The van der Waals surface area contributed by atoms with Crippen LogP contribution in [0.15, 0.2) is 59.7 Å². The largest absolute Gasteiger partial charge is 0.484 e. The lowest BCUT2D eigenvalue weighted by Crippen LogP contribution is -2.31. The number of amides is 3. The number of carbonyl (C=O) groups is 3. The van der Waals surface area contributed by atoms with Gasteiger partial charge in [-0.2, -0.15) is 5.10 Å². The summed E-state index contributed by atoms with van der Waals surface area (Å²) in [5.41, 5.74) is 9.12. The molecule has 0 spiro atoms. The molecule has 8 heteroatoms. The number of benzene rings is 2. The maximum atomic E-state index is 11.8. The van der Waals surface area contributed by atoms with E-state index in [4.69, 9.17) is 10.5 Å². The summed E-state index contributed by atoms with van der Waals surface area (Å²) in [6.07, 6.45) is 1.83. The molecule has 0 saturated heterocycles. The first-order valence-electron chi connectivity index (χ1n) is 8.66. The maximum absolute atomic E-state index is 11.8. The van der Waals surface area contributed by atoms with Crippen molar-refractivity contribution in [2.75, 3.05) is 13.2 Å². The van der Waals surface area contributed by atoms with Gasteiger partial charge in [-0.3, -0.25) is 14.4 Å². The third-order valence-corrected chi connectivity index (χ3v) is 3.56. The first kappa shape index (κ1) is 20.6. The Labute approximate surface area is 162 Å². The van der Waals surface area contributed by atoms with Crippen LogP contribution in [0.25, 0.3) is 0 Å². The van der Waals surface area contributed by atoms with E-state index in [1.54, 1.807) is 24.3 Å². The molecule has 0 saturated carbocycles. The van der Waals surface area contributed by atoms with Crippen molar-refractivity contribution in [1.82, 2.24) is 10.7 Å². The van der Waals surface area contributed by atoms with E-state index in [0.29, 0.717) is 24.3 Å². The number of ether oxygens (including phenoxy) is 1. The third kappa shape index (κ3) is 8.13. The van der Waals surface area contributed by atoms with Crippen LogP contribution in [0.2, 0.25) is 0 Å². The van der Waals surface area contributed by atoms with E-state index < -0.39 is 11.8 Å². The lowest BCUT2D eigenvalue weighted by molar-refractivity contribution is -0.129. The number of nitrogens with two attached hydrogens (primary N) is 1. The Bertz CT molecular complexity index is 820. The highest BCUT2D eigenvalue weighted by Crippen LogP contribution is 2.10. The van der Waals surface area contributed by atoms with Gasteiger partial charge in [0.05, 0.1) is 6.21 Å². The molecule has 0 heterocycles. The minimum Gasteiger partial charge on any atom is -0.484 e. The average molecular weight is 382 g/mol. The van der Waals surface area contributed by atoms with Gasteiger partial charge in [0.15, 0.2) is 6.61 Å². The van der Waals surface area contributed by atoms with Crippen LogP contribution in [0.4, 0.5) is 0 Å². The molecule has 0 atom stereocenters. The van der Waals surface area contributed by atoms with Crippen LogP contribution < -0.4 is 21.2 Å². The van der Waals surface area contributed by atoms with E-state index in [-0.39, 0.29) is 18.9 Å². The molecule has 4 N–H and O–H groups in total. The smallest absolute Gasteiger partial charge is 0.255 e. The zero-order valence-electron chi connectivity index (χ0n) is 15.3. The molecule has 0 aromatic heterocycles. The fourth-order valence-corrected chi connectivity index (χ4v) is 2.22. The Hall–Kier alpha value is -3.68. The maximum Gasteiger partial charge on any atom is 0.255 e. The molecule has 28 heavy (non-hydrogen) atoms. The van der Waals surface area contributed by atoms with Crippen molar-refractivity contribution in [3.63, 3.8) is 0 Å². The van der Waals surface area contributed by atoms with Crippen molar-refractivity contribution in [3.8, 4) is 5.75 Å². The van der Waals surface area contributed by atoms with E-state index in [9.17, 15) is 14.4 Å². The molecule has 2 rings (SSSR count). The molecule has 2 aromatic rings. The van der Waals surface area contributed by atoms with E-state index in [0.717, 1.165) is 5.56 Å². The quantitative estimate of drug-likeness (QED) is 0.319. The molecule has 0 radical (unpaired) electrons. The summed E-state index contributed by atoms with van der Waals surface area (Å²) >= 11 is 0. The number of rotatable bonds is 10. The highest BCUT2D eigenvalue weighted by Gasteiger charge is 2.07. The second-order valence-electron chi connectivity index (χ2n) is 5.88. The van der Waals surface area contributed by atoms with E-state index in [1.165, 1.54) is 6.21 Å². The average Bonchev–Trinajstić information content (AvgIpc) is 2.68. The number of nitrogens with one attached hydrogen (secondary N) is 2. The minimum absolute atomic E-state index is 0.198. The molecule has 0 aliphatic rings. The van der Waals surface area contributed by atoms with Crippen LogP contribution in [0.3, 0.4) is 0 Å². The summed E-state index contributed by atoms with van der Waals surface area (Å²) in [7, 11) is 0. The zero-order chi connectivity index (χ0) is 20.2. The minimum atomic E-state index is -0.558.